The Hall–Kier alpha value is -3.35. The van der Waals surface area contributed by atoms with Gasteiger partial charge in [0.05, 0.1) is 26.0 Å². The van der Waals surface area contributed by atoms with Crippen LogP contribution in [-0.2, 0) is 16.0 Å². The predicted molar refractivity (Wildman–Crippen MR) is 118 cm³/mol. The SMILES string of the molecule is CCc1ccc([C@H]2CC(c3ccc(OC)c(OC)c3)=NN2C(=O)CCCC(=O)O)cc1. The van der Waals surface area contributed by atoms with Crippen molar-refractivity contribution in [1.82, 2.24) is 5.01 Å². The van der Waals surface area contributed by atoms with Gasteiger partial charge >= 0.3 is 5.97 Å². The van der Waals surface area contributed by atoms with Crippen molar-refractivity contribution >= 4 is 17.6 Å². The molecule has 1 aliphatic rings. The number of nitrogens with zero attached hydrogens (tertiary/aromatic N) is 2. The van der Waals surface area contributed by atoms with Gasteiger partial charge in [0.15, 0.2) is 11.5 Å². The van der Waals surface area contributed by atoms with Crippen LogP contribution in [0.15, 0.2) is 47.6 Å². The standard InChI is InChI=1S/C24H28N2O5/c1-4-16-8-10-17(11-9-16)20-15-19(18-12-13-21(30-2)22(14-18)31-3)25-26(20)23(27)6-5-7-24(28)29/h8-14,20H,4-7,15H2,1-3H3,(H,28,29)/t20-/m1/s1. The molecule has 1 amide bonds. The molecule has 3 rings (SSSR count). The second-order valence-corrected chi connectivity index (χ2v) is 7.42. The van der Waals surface area contributed by atoms with E-state index >= 15 is 0 Å². The Bertz CT molecular complexity index is 968. The van der Waals surface area contributed by atoms with Gasteiger partial charge in [-0.2, -0.15) is 5.10 Å². The Balaban J connectivity index is 1.90. The van der Waals surface area contributed by atoms with Gasteiger partial charge in [0, 0.05) is 24.8 Å². The second kappa shape index (κ2) is 10.1. The van der Waals surface area contributed by atoms with E-state index in [9.17, 15) is 9.59 Å². The van der Waals surface area contributed by atoms with E-state index in [0.717, 1.165) is 23.3 Å². The van der Waals surface area contributed by atoms with Gasteiger partial charge in [-0.1, -0.05) is 31.2 Å². The minimum atomic E-state index is -0.907. The zero-order chi connectivity index (χ0) is 22.4. The number of carboxylic acid groups (broad SMARTS) is 1. The normalized spacial score (nSPS) is 15.5. The lowest BCUT2D eigenvalue weighted by Crippen LogP contribution is -2.27. The maximum atomic E-state index is 12.9. The summed E-state index contributed by atoms with van der Waals surface area (Å²) in [6.07, 6.45) is 1.88. The van der Waals surface area contributed by atoms with Crippen LogP contribution in [-0.4, -0.2) is 41.9 Å². The third-order valence-electron chi connectivity index (χ3n) is 5.44. The number of carbonyl (C=O) groups is 2. The molecule has 1 aliphatic heterocycles. The quantitative estimate of drug-likeness (QED) is 0.652. The Morgan fingerprint density at radius 1 is 1.06 bits per heavy atom. The summed E-state index contributed by atoms with van der Waals surface area (Å²) < 4.78 is 10.7. The summed E-state index contributed by atoms with van der Waals surface area (Å²) in [7, 11) is 3.16. The summed E-state index contributed by atoms with van der Waals surface area (Å²) in [5.74, 6) is 0.132. The minimum absolute atomic E-state index is 0.0400. The van der Waals surface area contributed by atoms with Crippen LogP contribution in [0.5, 0.6) is 11.5 Å². The number of carbonyl (C=O) groups excluding carboxylic acids is 1. The van der Waals surface area contributed by atoms with Crippen molar-refractivity contribution in [2.24, 2.45) is 5.10 Å². The molecule has 31 heavy (non-hydrogen) atoms. The summed E-state index contributed by atoms with van der Waals surface area (Å²) in [5, 5.41) is 15.0. The van der Waals surface area contributed by atoms with Crippen molar-refractivity contribution in [1.29, 1.82) is 0 Å². The molecule has 0 saturated carbocycles. The van der Waals surface area contributed by atoms with Crippen molar-refractivity contribution in [3.63, 3.8) is 0 Å². The molecular formula is C24H28N2O5. The van der Waals surface area contributed by atoms with Crippen molar-refractivity contribution in [3.8, 4) is 11.5 Å². The Labute approximate surface area is 182 Å². The van der Waals surface area contributed by atoms with Crippen LogP contribution in [0.2, 0.25) is 0 Å². The molecule has 0 fully saturated rings. The summed E-state index contributed by atoms with van der Waals surface area (Å²) in [6, 6.07) is 13.5. The fourth-order valence-corrected chi connectivity index (χ4v) is 3.67. The number of rotatable bonds is 9. The smallest absolute Gasteiger partial charge is 0.303 e. The molecule has 0 bridgehead atoms. The highest BCUT2D eigenvalue weighted by Crippen LogP contribution is 2.36. The zero-order valence-corrected chi connectivity index (χ0v) is 18.1. The maximum absolute atomic E-state index is 12.9. The number of carboxylic acids is 1. The molecule has 0 saturated heterocycles. The number of aliphatic carboxylic acids is 1. The highest BCUT2D eigenvalue weighted by atomic mass is 16.5. The number of hydrogen-bond acceptors (Lipinski definition) is 5. The van der Waals surface area contributed by atoms with Crippen molar-refractivity contribution in [2.45, 2.75) is 45.1 Å². The first-order valence-electron chi connectivity index (χ1n) is 10.4. The summed E-state index contributed by atoms with van der Waals surface area (Å²) in [4.78, 5) is 23.7. The molecule has 0 unspecified atom stereocenters. The lowest BCUT2D eigenvalue weighted by molar-refractivity contribution is -0.137. The number of hydrogen-bond donors (Lipinski definition) is 1. The second-order valence-electron chi connectivity index (χ2n) is 7.42. The van der Waals surface area contributed by atoms with Gasteiger partial charge in [-0.15, -0.1) is 0 Å². The molecule has 0 aromatic heterocycles. The van der Waals surface area contributed by atoms with Crippen LogP contribution in [0.25, 0.3) is 0 Å². The van der Waals surface area contributed by atoms with Crippen molar-refractivity contribution < 1.29 is 24.2 Å². The fourth-order valence-electron chi connectivity index (χ4n) is 3.67. The number of ether oxygens (including phenoxy) is 2. The monoisotopic (exact) mass is 424 g/mol. The van der Waals surface area contributed by atoms with E-state index in [2.05, 4.69) is 24.2 Å². The van der Waals surface area contributed by atoms with Crippen LogP contribution in [0.3, 0.4) is 0 Å². The number of benzene rings is 2. The molecule has 0 aliphatic carbocycles. The van der Waals surface area contributed by atoms with Crippen LogP contribution in [0.1, 0.15) is 55.3 Å². The Kier molecular flexibility index (Phi) is 7.28. The van der Waals surface area contributed by atoms with Crippen LogP contribution < -0.4 is 9.47 Å². The molecule has 1 atom stereocenters. The van der Waals surface area contributed by atoms with Crippen molar-refractivity contribution in [3.05, 3.63) is 59.2 Å². The van der Waals surface area contributed by atoms with Gasteiger partial charge < -0.3 is 14.6 Å². The van der Waals surface area contributed by atoms with E-state index in [1.54, 1.807) is 14.2 Å². The fraction of sp³-hybridized carbons (Fsp3) is 0.375. The van der Waals surface area contributed by atoms with E-state index < -0.39 is 5.97 Å². The van der Waals surface area contributed by atoms with E-state index in [4.69, 9.17) is 14.6 Å². The van der Waals surface area contributed by atoms with Gasteiger partial charge in [-0.05, 0) is 42.2 Å². The summed E-state index contributed by atoms with van der Waals surface area (Å²) in [5.41, 5.74) is 3.86. The van der Waals surface area contributed by atoms with Gasteiger partial charge in [0.1, 0.15) is 0 Å². The Morgan fingerprint density at radius 2 is 1.77 bits per heavy atom. The minimum Gasteiger partial charge on any atom is -0.493 e. The number of methoxy groups -OCH3 is 2. The first kappa shape index (κ1) is 22.3. The molecular weight excluding hydrogens is 396 g/mol. The average Bonchev–Trinajstić information content (AvgIpc) is 3.24. The third-order valence-corrected chi connectivity index (χ3v) is 5.44. The van der Waals surface area contributed by atoms with Crippen molar-refractivity contribution in [2.75, 3.05) is 14.2 Å². The van der Waals surface area contributed by atoms with E-state index in [-0.39, 0.29) is 31.2 Å². The zero-order valence-electron chi connectivity index (χ0n) is 18.1. The number of amides is 1. The van der Waals surface area contributed by atoms with Gasteiger partial charge in [0.2, 0.25) is 5.91 Å². The number of aryl methyl sites for hydroxylation is 1. The molecule has 7 nitrogen and oxygen atoms in total. The molecule has 2 aromatic carbocycles. The first-order chi connectivity index (χ1) is 15.0. The summed E-state index contributed by atoms with van der Waals surface area (Å²) in [6.45, 7) is 2.10. The lowest BCUT2D eigenvalue weighted by Gasteiger charge is -2.22. The molecule has 164 valence electrons. The average molecular weight is 424 g/mol. The van der Waals surface area contributed by atoms with Crippen LogP contribution in [0.4, 0.5) is 0 Å². The van der Waals surface area contributed by atoms with Crippen LogP contribution in [0, 0.1) is 0 Å². The highest BCUT2D eigenvalue weighted by Gasteiger charge is 2.33. The van der Waals surface area contributed by atoms with Gasteiger partial charge in [-0.25, -0.2) is 5.01 Å². The molecule has 0 spiro atoms. The van der Waals surface area contributed by atoms with E-state index in [1.807, 2.05) is 30.3 Å². The maximum Gasteiger partial charge on any atom is 0.303 e. The lowest BCUT2D eigenvalue weighted by atomic mass is 9.97. The third kappa shape index (κ3) is 5.23. The molecule has 0 radical (unpaired) electrons. The van der Waals surface area contributed by atoms with E-state index in [1.165, 1.54) is 10.6 Å². The predicted octanol–water partition coefficient (Wildman–Crippen LogP) is 4.20. The van der Waals surface area contributed by atoms with Crippen LogP contribution >= 0.6 is 0 Å². The molecule has 2 aromatic rings. The topological polar surface area (TPSA) is 88.4 Å². The molecule has 7 heteroatoms. The Morgan fingerprint density at radius 3 is 2.39 bits per heavy atom. The van der Waals surface area contributed by atoms with Gasteiger partial charge in [-0.3, -0.25) is 9.59 Å². The highest BCUT2D eigenvalue weighted by molar-refractivity contribution is 6.03. The number of hydrazone groups is 1. The van der Waals surface area contributed by atoms with Gasteiger partial charge in [0.25, 0.3) is 0 Å². The van der Waals surface area contributed by atoms with E-state index in [0.29, 0.717) is 17.9 Å². The molecule has 1 heterocycles. The largest absolute Gasteiger partial charge is 0.493 e. The first-order valence-corrected chi connectivity index (χ1v) is 10.4. The molecule has 1 N–H and O–H groups in total. The summed E-state index contributed by atoms with van der Waals surface area (Å²) >= 11 is 0.